The molecule has 0 unspecified atom stereocenters. The van der Waals surface area contributed by atoms with Crippen molar-refractivity contribution in [3.8, 4) is 11.3 Å². The number of nitrogens with zero attached hydrogens (tertiary/aromatic N) is 2. The second kappa shape index (κ2) is 9.13. The quantitative estimate of drug-likeness (QED) is 0.394. The zero-order chi connectivity index (χ0) is 21.1. The van der Waals surface area contributed by atoms with Crippen molar-refractivity contribution in [2.75, 3.05) is 32.9 Å². The van der Waals surface area contributed by atoms with E-state index in [1.807, 2.05) is 11.1 Å². The van der Waals surface area contributed by atoms with Crippen molar-refractivity contribution in [3.05, 3.63) is 52.6 Å². The van der Waals surface area contributed by atoms with Gasteiger partial charge in [0.15, 0.2) is 4.32 Å². The Hall–Kier alpha value is -2.46. The highest BCUT2D eigenvalue weighted by Gasteiger charge is 2.37. The van der Waals surface area contributed by atoms with E-state index in [-0.39, 0.29) is 11.9 Å². The molecule has 0 N–H and O–H groups in total. The summed E-state index contributed by atoms with van der Waals surface area (Å²) in [6.07, 6.45) is 1.70. The van der Waals surface area contributed by atoms with Crippen molar-refractivity contribution in [2.24, 2.45) is 0 Å². The number of benzene rings is 1. The second-order valence-corrected chi connectivity index (χ2v) is 8.24. The van der Waals surface area contributed by atoms with Crippen molar-refractivity contribution in [2.45, 2.75) is 6.92 Å². The van der Waals surface area contributed by atoms with Crippen LogP contribution in [0.5, 0.6) is 0 Å². The molecule has 1 aromatic heterocycles. The molecule has 2 aromatic rings. The van der Waals surface area contributed by atoms with E-state index in [4.69, 9.17) is 26.1 Å². The first-order valence-corrected chi connectivity index (χ1v) is 10.8. The summed E-state index contributed by atoms with van der Waals surface area (Å²) in [6.45, 7) is 4.52. The minimum absolute atomic E-state index is 0.149. The van der Waals surface area contributed by atoms with Gasteiger partial charge in [0.05, 0.1) is 30.3 Å². The number of hydrazine groups is 1. The molecule has 2 aliphatic rings. The van der Waals surface area contributed by atoms with E-state index in [2.05, 4.69) is 0 Å². The van der Waals surface area contributed by atoms with E-state index in [0.29, 0.717) is 59.2 Å². The maximum atomic E-state index is 12.8. The first-order chi connectivity index (χ1) is 14.6. The first kappa shape index (κ1) is 20.8. The van der Waals surface area contributed by atoms with E-state index in [9.17, 15) is 9.59 Å². The van der Waals surface area contributed by atoms with Crippen LogP contribution in [0.25, 0.3) is 17.4 Å². The van der Waals surface area contributed by atoms with Crippen molar-refractivity contribution in [3.63, 3.8) is 0 Å². The number of ether oxygens (including phenoxy) is 2. The van der Waals surface area contributed by atoms with E-state index >= 15 is 0 Å². The van der Waals surface area contributed by atoms with Gasteiger partial charge in [0.2, 0.25) is 0 Å². The molecule has 2 saturated heterocycles. The van der Waals surface area contributed by atoms with Crippen LogP contribution in [-0.4, -0.2) is 59.1 Å². The van der Waals surface area contributed by atoms with Gasteiger partial charge in [0, 0.05) is 24.7 Å². The smallest absolute Gasteiger partial charge is 0.338 e. The molecule has 9 heteroatoms. The molecule has 7 nitrogen and oxygen atoms in total. The number of thioether (sulfide) groups is 1. The van der Waals surface area contributed by atoms with Gasteiger partial charge in [0.1, 0.15) is 11.5 Å². The van der Waals surface area contributed by atoms with E-state index in [0.717, 1.165) is 5.56 Å². The van der Waals surface area contributed by atoms with Crippen LogP contribution in [-0.2, 0) is 14.3 Å². The van der Waals surface area contributed by atoms with Gasteiger partial charge in [0.25, 0.3) is 5.91 Å². The Morgan fingerprint density at radius 1 is 1.20 bits per heavy atom. The summed E-state index contributed by atoms with van der Waals surface area (Å²) in [4.78, 5) is 25.1. The number of esters is 1. The topological polar surface area (TPSA) is 72.2 Å². The molecule has 2 fully saturated rings. The summed E-state index contributed by atoms with van der Waals surface area (Å²) in [7, 11) is 0. The first-order valence-electron chi connectivity index (χ1n) is 9.55. The van der Waals surface area contributed by atoms with Gasteiger partial charge in [-0.1, -0.05) is 36.1 Å². The summed E-state index contributed by atoms with van der Waals surface area (Å²) in [5.74, 6) is 0.692. The third-order valence-corrected chi connectivity index (χ3v) is 5.91. The molecule has 0 aliphatic carbocycles. The van der Waals surface area contributed by atoms with E-state index in [1.54, 1.807) is 48.3 Å². The van der Waals surface area contributed by atoms with Crippen LogP contribution in [0, 0.1) is 0 Å². The Morgan fingerprint density at radius 3 is 2.63 bits per heavy atom. The predicted octanol–water partition coefficient (Wildman–Crippen LogP) is 3.57. The highest BCUT2D eigenvalue weighted by atomic mass is 32.2. The molecule has 1 amide bonds. The third kappa shape index (κ3) is 4.34. The Morgan fingerprint density at radius 2 is 1.93 bits per heavy atom. The van der Waals surface area contributed by atoms with Crippen LogP contribution in [0.3, 0.4) is 0 Å². The number of thiocarbonyl (C=S) groups is 1. The summed E-state index contributed by atoms with van der Waals surface area (Å²) in [5.41, 5.74) is 1.31. The molecule has 0 atom stereocenters. The Balaban J connectivity index is 1.49. The van der Waals surface area contributed by atoms with Crippen molar-refractivity contribution in [1.29, 1.82) is 0 Å². The SMILES string of the molecule is CCOC(=O)c1ccc(-c2ccc(/C=C3\SC(=S)N(N4CCOCC4)C3=O)o2)cc1. The van der Waals surface area contributed by atoms with Crippen LogP contribution < -0.4 is 0 Å². The predicted molar refractivity (Wildman–Crippen MR) is 118 cm³/mol. The molecule has 0 spiro atoms. The lowest BCUT2D eigenvalue weighted by atomic mass is 10.1. The van der Waals surface area contributed by atoms with Crippen LogP contribution in [0.1, 0.15) is 23.0 Å². The fourth-order valence-electron chi connectivity index (χ4n) is 3.16. The largest absolute Gasteiger partial charge is 0.462 e. The van der Waals surface area contributed by atoms with Gasteiger partial charge < -0.3 is 13.9 Å². The van der Waals surface area contributed by atoms with Gasteiger partial charge in [-0.3, -0.25) is 4.79 Å². The normalized spacial score (nSPS) is 19.0. The molecule has 0 radical (unpaired) electrons. The number of hydrogen-bond donors (Lipinski definition) is 0. The number of furan rings is 1. The molecular weight excluding hydrogens is 424 g/mol. The van der Waals surface area contributed by atoms with Crippen molar-refractivity contribution < 1.29 is 23.5 Å². The summed E-state index contributed by atoms with van der Waals surface area (Å²) in [5, 5.41) is 3.47. The van der Waals surface area contributed by atoms with Gasteiger partial charge in [-0.15, -0.1) is 0 Å². The zero-order valence-corrected chi connectivity index (χ0v) is 18.0. The van der Waals surface area contributed by atoms with Crippen molar-refractivity contribution >= 4 is 46.3 Å². The number of carbonyl (C=O) groups excluding carboxylic acids is 2. The molecule has 0 bridgehead atoms. The number of carbonyl (C=O) groups is 2. The molecule has 1 aromatic carbocycles. The molecular formula is C21H20N2O5S2. The maximum Gasteiger partial charge on any atom is 0.338 e. The fraction of sp³-hybridized carbons (Fsp3) is 0.286. The van der Waals surface area contributed by atoms with Crippen molar-refractivity contribution in [1.82, 2.24) is 10.0 Å². The molecule has 0 saturated carbocycles. The Kier molecular flexibility index (Phi) is 6.33. The monoisotopic (exact) mass is 444 g/mol. The van der Waals surface area contributed by atoms with Crippen LogP contribution in [0.15, 0.2) is 45.7 Å². The lowest BCUT2D eigenvalue weighted by Crippen LogP contribution is -2.50. The zero-order valence-electron chi connectivity index (χ0n) is 16.3. The minimum atomic E-state index is -0.355. The van der Waals surface area contributed by atoms with Gasteiger partial charge >= 0.3 is 5.97 Å². The van der Waals surface area contributed by atoms with Crippen LogP contribution in [0.4, 0.5) is 0 Å². The summed E-state index contributed by atoms with van der Waals surface area (Å²) < 4.78 is 16.7. The van der Waals surface area contributed by atoms with E-state index in [1.165, 1.54) is 11.8 Å². The highest BCUT2D eigenvalue weighted by molar-refractivity contribution is 8.26. The minimum Gasteiger partial charge on any atom is -0.462 e. The highest BCUT2D eigenvalue weighted by Crippen LogP contribution is 2.34. The fourth-order valence-corrected chi connectivity index (χ4v) is 4.45. The lowest BCUT2D eigenvalue weighted by molar-refractivity contribution is -0.138. The Labute approximate surface area is 183 Å². The summed E-state index contributed by atoms with van der Waals surface area (Å²) >= 11 is 6.66. The van der Waals surface area contributed by atoms with Crippen LogP contribution in [0.2, 0.25) is 0 Å². The van der Waals surface area contributed by atoms with Gasteiger partial charge in [-0.05, 0) is 31.2 Å². The molecule has 4 rings (SSSR count). The van der Waals surface area contributed by atoms with Gasteiger partial charge in [-0.2, -0.15) is 0 Å². The molecule has 156 valence electrons. The second-order valence-electron chi connectivity index (χ2n) is 6.56. The number of morpholine rings is 1. The number of rotatable bonds is 5. The molecule has 2 aliphatic heterocycles. The maximum absolute atomic E-state index is 12.8. The standard InChI is InChI=1S/C21H20N2O5S2/c1-2-27-20(25)15-5-3-14(4-6-15)17-8-7-16(28-17)13-18-19(24)23(21(29)30-18)22-9-11-26-12-10-22/h3-8,13H,2,9-12H2,1H3/b18-13-. The molecule has 3 heterocycles. The number of amides is 1. The summed E-state index contributed by atoms with van der Waals surface area (Å²) in [6, 6.07) is 10.6. The molecule has 30 heavy (non-hydrogen) atoms. The Bertz CT molecular complexity index is 993. The number of hydrogen-bond acceptors (Lipinski definition) is 8. The average Bonchev–Trinajstić information content (AvgIpc) is 3.33. The third-order valence-electron chi connectivity index (χ3n) is 4.62. The average molecular weight is 445 g/mol. The van der Waals surface area contributed by atoms with E-state index < -0.39 is 0 Å². The lowest BCUT2D eigenvalue weighted by Gasteiger charge is -2.33. The van der Waals surface area contributed by atoms with Gasteiger partial charge in [-0.25, -0.2) is 14.8 Å². The van der Waals surface area contributed by atoms with Crippen LogP contribution >= 0.6 is 24.0 Å².